The molecule has 9 heteroatoms. The van der Waals surface area contributed by atoms with E-state index in [4.69, 9.17) is 10.5 Å². The number of nitrogens with one attached hydrogen (secondary N) is 1. The quantitative estimate of drug-likeness (QED) is 0.830. The third-order valence-electron chi connectivity index (χ3n) is 2.38. The number of carbonyl (C=O) groups is 1. The fourth-order valence-corrected chi connectivity index (χ4v) is 3.01. The summed E-state index contributed by atoms with van der Waals surface area (Å²) in [5.74, 6) is 1.00. The van der Waals surface area contributed by atoms with Crippen LogP contribution in [0.2, 0.25) is 0 Å². The predicted octanol–water partition coefficient (Wildman–Crippen LogP) is 1.35. The maximum atomic E-state index is 11.8. The van der Waals surface area contributed by atoms with Gasteiger partial charge in [0, 0.05) is 0 Å². The fourth-order valence-electron chi connectivity index (χ4n) is 1.53. The summed E-state index contributed by atoms with van der Waals surface area (Å²) in [5.41, 5.74) is 8.41. The van der Waals surface area contributed by atoms with Crippen LogP contribution in [0.1, 0.15) is 10.4 Å². The lowest BCUT2D eigenvalue weighted by atomic mass is 10.2. The molecule has 0 unspecified atom stereocenters. The lowest BCUT2D eigenvalue weighted by Crippen LogP contribution is -2.18. The molecule has 0 saturated carbocycles. The second kappa shape index (κ2) is 5.47. The minimum atomic E-state index is -0.291. The first kappa shape index (κ1) is 12.9. The number of anilines is 1. The molecule has 7 nitrogen and oxygen atoms in total. The van der Waals surface area contributed by atoms with E-state index in [-0.39, 0.29) is 5.91 Å². The van der Waals surface area contributed by atoms with Crippen molar-refractivity contribution < 1.29 is 9.53 Å². The van der Waals surface area contributed by atoms with E-state index in [0.29, 0.717) is 28.1 Å². The Morgan fingerprint density at radius 2 is 2.20 bits per heavy atom. The van der Waals surface area contributed by atoms with Gasteiger partial charge in [-0.1, -0.05) is 35.2 Å². The number of nitrogens with two attached hydrogens (primary N) is 1. The molecule has 0 saturated heterocycles. The average molecular weight is 307 g/mol. The number of fused-ring (bicyclic) bond motifs is 1. The minimum Gasteiger partial charge on any atom is -0.440 e. The van der Waals surface area contributed by atoms with Gasteiger partial charge in [-0.2, -0.15) is 0 Å². The Kier molecular flexibility index (Phi) is 3.52. The van der Waals surface area contributed by atoms with Gasteiger partial charge in [-0.25, -0.2) is 5.43 Å². The number of ether oxygens (including phenoxy) is 1. The average Bonchev–Trinajstić information content (AvgIpc) is 2.80. The SMILES string of the molecule is Nc1nnc(SCC2=NNC(=O)c3ccccc3O2)s1. The van der Waals surface area contributed by atoms with Crippen LogP contribution in [0.25, 0.3) is 0 Å². The van der Waals surface area contributed by atoms with E-state index in [1.807, 2.05) is 0 Å². The number of rotatable bonds is 3. The van der Waals surface area contributed by atoms with Crippen molar-refractivity contribution in [2.45, 2.75) is 4.34 Å². The summed E-state index contributed by atoms with van der Waals surface area (Å²) in [6.07, 6.45) is 0. The van der Waals surface area contributed by atoms with E-state index < -0.39 is 0 Å². The van der Waals surface area contributed by atoms with E-state index in [9.17, 15) is 4.79 Å². The molecule has 0 spiro atoms. The summed E-state index contributed by atoms with van der Waals surface area (Å²) in [6.45, 7) is 0. The minimum absolute atomic E-state index is 0.291. The molecule has 3 N–H and O–H groups in total. The summed E-state index contributed by atoms with van der Waals surface area (Å²) in [6, 6.07) is 6.98. The third kappa shape index (κ3) is 2.73. The van der Waals surface area contributed by atoms with Crippen molar-refractivity contribution in [3.05, 3.63) is 29.8 Å². The Balaban J connectivity index is 1.73. The van der Waals surface area contributed by atoms with Crippen LogP contribution in [0.3, 0.4) is 0 Å². The maximum Gasteiger partial charge on any atom is 0.275 e. The molecule has 0 atom stereocenters. The van der Waals surface area contributed by atoms with Crippen LogP contribution in [0.4, 0.5) is 5.13 Å². The van der Waals surface area contributed by atoms with Gasteiger partial charge in [0.15, 0.2) is 4.34 Å². The number of hydrogen-bond acceptors (Lipinski definition) is 8. The van der Waals surface area contributed by atoms with Crippen molar-refractivity contribution in [2.24, 2.45) is 5.10 Å². The van der Waals surface area contributed by atoms with Crippen molar-refractivity contribution in [1.29, 1.82) is 0 Å². The molecule has 2 aromatic rings. The number of benzene rings is 1. The number of carbonyl (C=O) groups excluding carboxylic acids is 1. The van der Waals surface area contributed by atoms with Crippen molar-refractivity contribution in [3.8, 4) is 5.75 Å². The summed E-state index contributed by atoms with van der Waals surface area (Å²) in [4.78, 5) is 11.8. The molecule has 3 rings (SSSR count). The second-order valence-corrected chi connectivity index (χ2v) is 5.97. The maximum absolute atomic E-state index is 11.8. The highest BCUT2D eigenvalue weighted by atomic mass is 32.2. The number of thioether (sulfide) groups is 1. The van der Waals surface area contributed by atoms with Crippen LogP contribution in [0.15, 0.2) is 33.7 Å². The molecule has 2 heterocycles. The summed E-state index contributed by atoms with van der Waals surface area (Å²) in [5, 5.41) is 12.0. The summed E-state index contributed by atoms with van der Waals surface area (Å²) >= 11 is 2.68. The number of hydrazone groups is 1. The number of aromatic nitrogens is 2. The van der Waals surface area contributed by atoms with E-state index in [1.165, 1.54) is 23.1 Å². The topological polar surface area (TPSA) is 102 Å². The van der Waals surface area contributed by atoms with Crippen molar-refractivity contribution in [2.75, 3.05) is 11.5 Å². The zero-order chi connectivity index (χ0) is 13.9. The first-order chi connectivity index (χ1) is 9.72. The molecular weight excluding hydrogens is 298 g/mol. The Morgan fingerprint density at radius 3 is 3.00 bits per heavy atom. The van der Waals surface area contributed by atoms with Crippen LogP contribution < -0.4 is 15.9 Å². The molecule has 102 valence electrons. The zero-order valence-corrected chi connectivity index (χ0v) is 11.7. The Hall–Kier alpha value is -2.13. The number of nitrogen functional groups attached to an aromatic ring is 1. The number of para-hydroxylation sites is 1. The van der Waals surface area contributed by atoms with Gasteiger partial charge in [-0.3, -0.25) is 4.79 Å². The molecule has 0 fully saturated rings. The van der Waals surface area contributed by atoms with Crippen LogP contribution >= 0.6 is 23.1 Å². The molecule has 1 aliphatic heterocycles. The molecule has 1 aliphatic rings. The Morgan fingerprint density at radius 1 is 1.35 bits per heavy atom. The molecule has 0 aliphatic carbocycles. The molecule has 1 amide bonds. The predicted molar refractivity (Wildman–Crippen MR) is 77.0 cm³/mol. The van der Waals surface area contributed by atoms with Crippen LogP contribution in [0, 0.1) is 0 Å². The first-order valence-electron chi connectivity index (χ1n) is 5.58. The van der Waals surface area contributed by atoms with E-state index >= 15 is 0 Å². The highest BCUT2D eigenvalue weighted by molar-refractivity contribution is 8.01. The molecular formula is C11H9N5O2S2. The molecule has 1 aromatic heterocycles. The van der Waals surface area contributed by atoms with Crippen molar-refractivity contribution >= 4 is 40.0 Å². The molecule has 0 bridgehead atoms. The standard InChI is InChI=1S/C11H9N5O2S2/c12-10-15-16-11(20-10)19-5-8-13-14-9(17)6-3-1-2-4-7(6)18-8/h1-4H,5H2,(H2,12,15)(H,14,17). The fraction of sp³-hybridized carbons (Fsp3) is 0.0909. The highest BCUT2D eigenvalue weighted by Gasteiger charge is 2.18. The Bertz CT molecular complexity index is 685. The normalized spacial score (nSPS) is 13.8. The van der Waals surface area contributed by atoms with E-state index in [1.54, 1.807) is 24.3 Å². The van der Waals surface area contributed by atoms with Gasteiger partial charge in [0.05, 0.1) is 11.3 Å². The van der Waals surface area contributed by atoms with Crippen LogP contribution in [-0.4, -0.2) is 27.8 Å². The van der Waals surface area contributed by atoms with Crippen LogP contribution in [0.5, 0.6) is 5.75 Å². The zero-order valence-electron chi connectivity index (χ0n) is 10.1. The van der Waals surface area contributed by atoms with Gasteiger partial charge in [-0.15, -0.1) is 15.3 Å². The smallest absolute Gasteiger partial charge is 0.275 e. The number of nitrogens with zero attached hydrogens (tertiary/aromatic N) is 3. The Labute approximate surface area is 122 Å². The first-order valence-corrected chi connectivity index (χ1v) is 7.38. The summed E-state index contributed by atoms with van der Waals surface area (Å²) < 4.78 is 6.35. The third-order valence-corrected chi connectivity index (χ3v) is 4.25. The van der Waals surface area contributed by atoms with Gasteiger partial charge in [0.25, 0.3) is 5.91 Å². The van der Waals surface area contributed by atoms with Gasteiger partial charge in [-0.05, 0) is 12.1 Å². The molecule has 20 heavy (non-hydrogen) atoms. The van der Waals surface area contributed by atoms with E-state index in [0.717, 1.165) is 4.34 Å². The van der Waals surface area contributed by atoms with Gasteiger partial charge in [0.1, 0.15) is 5.75 Å². The molecule has 0 radical (unpaired) electrons. The van der Waals surface area contributed by atoms with Crippen LogP contribution in [-0.2, 0) is 0 Å². The van der Waals surface area contributed by atoms with Gasteiger partial charge >= 0.3 is 0 Å². The molecule has 1 aromatic carbocycles. The van der Waals surface area contributed by atoms with Crippen molar-refractivity contribution in [1.82, 2.24) is 15.6 Å². The second-order valence-electron chi connectivity index (χ2n) is 3.74. The largest absolute Gasteiger partial charge is 0.440 e. The van der Waals surface area contributed by atoms with Gasteiger partial charge in [0.2, 0.25) is 11.0 Å². The number of amides is 1. The number of hydrogen-bond donors (Lipinski definition) is 2. The highest BCUT2D eigenvalue weighted by Crippen LogP contribution is 2.25. The van der Waals surface area contributed by atoms with Crippen molar-refractivity contribution in [3.63, 3.8) is 0 Å². The van der Waals surface area contributed by atoms with Gasteiger partial charge < -0.3 is 10.5 Å². The summed E-state index contributed by atoms with van der Waals surface area (Å²) in [7, 11) is 0. The lowest BCUT2D eigenvalue weighted by molar-refractivity contribution is 0.0955. The lowest BCUT2D eigenvalue weighted by Gasteiger charge is -2.06. The monoisotopic (exact) mass is 307 g/mol. The van der Waals surface area contributed by atoms with E-state index in [2.05, 4.69) is 20.7 Å².